The predicted molar refractivity (Wildman–Crippen MR) is 60.1 cm³/mol. The van der Waals surface area contributed by atoms with Gasteiger partial charge in [0.05, 0.1) is 0 Å². The molecule has 0 amide bonds. The molecule has 0 spiro atoms. The largest absolute Gasteiger partial charge is 0.477 e. The standard InChI is InChI=1S/C11H11N3O2/c1-6-2-4-7(5-3-6)8-9(10(15)16)14-11(12)13-8/h2-5H,1H3,(H,15,16)(H3,12,13,14). The van der Waals surface area contributed by atoms with Crippen LogP contribution in [0.15, 0.2) is 24.3 Å². The number of hydrogen-bond donors (Lipinski definition) is 3. The molecule has 1 aromatic carbocycles. The van der Waals surface area contributed by atoms with Gasteiger partial charge in [0.2, 0.25) is 0 Å². The van der Waals surface area contributed by atoms with Crippen LogP contribution < -0.4 is 5.73 Å². The summed E-state index contributed by atoms with van der Waals surface area (Å²) in [7, 11) is 0. The Morgan fingerprint density at radius 2 is 2.00 bits per heavy atom. The van der Waals surface area contributed by atoms with Crippen LogP contribution in [0.5, 0.6) is 0 Å². The van der Waals surface area contributed by atoms with Gasteiger partial charge in [-0.1, -0.05) is 29.8 Å². The fourth-order valence-electron chi connectivity index (χ4n) is 1.47. The van der Waals surface area contributed by atoms with E-state index >= 15 is 0 Å². The number of carboxylic acid groups (broad SMARTS) is 1. The third-order valence-corrected chi connectivity index (χ3v) is 2.26. The lowest BCUT2D eigenvalue weighted by molar-refractivity contribution is 0.0692. The van der Waals surface area contributed by atoms with Gasteiger partial charge in [0, 0.05) is 5.56 Å². The molecule has 82 valence electrons. The lowest BCUT2D eigenvalue weighted by Gasteiger charge is -1.99. The monoisotopic (exact) mass is 217 g/mol. The molecule has 0 bridgehead atoms. The Balaban J connectivity index is 2.55. The molecular formula is C11H11N3O2. The van der Waals surface area contributed by atoms with E-state index in [0.717, 1.165) is 11.1 Å². The second-order valence-electron chi connectivity index (χ2n) is 3.52. The molecule has 4 N–H and O–H groups in total. The average Bonchev–Trinajstić information content (AvgIpc) is 2.61. The lowest BCUT2D eigenvalue weighted by Crippen LogP contribution is -1.99. The first-order valence-electron chi connectivity index (χ1n) is 4.73. The van der Waals surface area contributed by atoms with Crippen LogP contribution in [0.2, 0.25) is 0 Å². The van der Waals surface area contributed by atoms with Crippen LogP contribution in [-0.2, 0) is 0 Å². The number of H-pyrrole nitrogens is 1. The number of anilines is 1. The Kier molecular flexibility index (Phi) is 2.36. The number of aromatic nitrogens is 2. The fourth-order valence-corrected chi connectivity index (χ4v) is 1.47. The zero-order valence-electron chi connectivity index (χ0n) is 8.69. The number of nitrogens with one attached hydrogen (secondary N) is 1. The molecule has 0 aliphatic heterocycles. The summed E-state index contributed by atoms with van der Waals surface area (Å²) in [6, 6.07) is 7.42. The third kappa shape index (κ3) is 1.75. The van der Waals surface area contributed by atoms with Gasteiger partial charge in [-0.3, -0.25) is 0 Å². The first-order chi connectivity index (χ1) is 7.58. The first-order valence-corrected chi connectivity index (χ1v) is 4.73. The summed E-state index contributed by atoms with van der Waals surface area (Å²) >= 11 is 0. The van der Waals surface area contributed by atoms with E-state index in [4.69, 9.17) is 10.8 Å². The highest BCUT2D eigenvalue weighted by molar-refractivity contribution is 5.93. The number of hydrogen-bond acceptors (Lipinski definition) is 3. The Morgan fingerprint density at radius 3 is 2.56 bits per heavy atom. The number of nitrogen functional groups attached to an aromatic ring is 1. The Morgan fingerprint density at radius 1 is 1.38 bits per heavy atom. The number of carboxylic acids is 1. The van der Waals surface area contributed by atoms with Crippen molar-refractivity contribution in [3.63, 3.8) is 0 Å². The number of aromatic carboxylic acids is 1. The molecule has 0 atom stereocenters. The highest BCUT2D eigenvalue weighted by Gasteiger charge is 2.16. The quantitative estimate of drug-likeness (QED) is 0.713. The molecule has 0 saturated heterocycles. The van der Waals surface area contributed by atoms with Crippen molar-refractivity contribution in [2.45, 2.75) is 6.92 Å². The van der Waals surface area contributed by atoms with Crippen LogP contribution in [0.4, 0.5) is 5.95 Å². The summed E-state index contributed by atoms with van der Waals surface area (Å²) < 4.78 is 0. The lowest BCUT2D eigenvalue weighted by atomic mass is 10.1. The summed E-state index contributed by atoms with van der Waals surface area (Å²) in [6.07, 6.45) is 0. The maximum atomic E-state index is 10.9. The molecular weight excluding hydrogens is 206 g/mol. The molecule has 0 saturated carbocycles. The van der Waals surface area contributed by atoms with E-state index in [9.17, 15) is 4.79 Å². The summed E-state index contributed by atoms with van der Waals surface area (Å²) in [6.45, 7) is 1.96. The smallest absolute Gasteiger partial charge is 0.354 e. The second kappa shape index (κ2) is 3.69. The van der Waals surface area contributed by atoms with Gasteiger partial charge in [-0.15, -0.1) is 0 Å². The molecule has 1 aromatic heterocycles. The van der Waals surface area contributed by atoms with Gasteiger partial charge in [-0.2, -0.15) is 0 Å². The van der Waals surface area contributed by atoms with Gasteiger partial charge in [0.15, 0.2) is 11.6 Å². The van der Waals surface area contributed by atoms with Crippen LogP contribution >= 0.6 is 0 Å². The minimum Gasteiger partial charge on any atom is -0.477 e. The second-order valence-corrected chi connectivity index (χ2v) is 3.52. The van der Waals surface area contributed by atoms with E-state index in [1.807, 2.05) is 31.2 Å². The molecule has 2 rings (SSSR count). The topological polar surface area (TPSA) is 92.0 Å². The summed E-state index contributed by atoms with van der Waals surface area (Å²) in [5.74, 6) is -0.965. The molecule has 0 unspecified atom stereocenters. The Labute approximate surface area is 91.9 Å². The van der Waals surface area contributed by atoms with Crippen LogP contribution in [-0.4, -0.2) is 21.0 Å². The summed E-state index contributed by atoms with van der Waals surface area (Å²) in [5.41, 5.74) is 7.67. The van der Waals surface area contributed by atoms with E-state index < -0.39 is 5.97 Å². The average molecular weight is 217 g/mol. The van der Waals surface area contributed by atoms with Gasteiger partial charge >= 0.3 is 5.97 Å². The number of rotatable bonds is 2. The maximum absolute atomic E-state index is 10.9. The van der Waals surface area contributed by atoms with Gasteiger partial charge in [-0.05, 0) is 6.92 Å². The highest BCUT2D eigenvalue weighted by Crippen LogP contribution is 2.22. The van der Waals surface area contributed by atoms with Crippen molar-refractivity contribution in [2.75, 3.05) is 5.73 Å². The van der Waals surface area contributed by atoms with Crippen molar-refractivity contribution in [1.29, 1.82) is 0 Å². The van der Waals surface area contributed by atoms with Crippen LogP contribution in [0.3, 0.4) is 0 Å². The van der Waals surface area contributed by atoms with Crippen molar-refractivity contribution in [3.05, 3.63) is 35.5 Å². The van der Waals surface area contributed by atoms with Gasteiger partial charge < -0.3 is 15.8 Å². The SMILES string of the molecule is Cc1ccc(-c2nc(N)[nH]c2C(=O)O)cc1. The molecule has 0 radical (unpaired) electrons. The minimum absolute atomic E-state index is 0.0151. The zero-order chi connectivity index (χ0) is 11.7. The van der Waals surface area contributed by atoms with E-state index in [2.05, 4.69) is 9.97 Å². The number of aromatic amines is 1. The first kappa shape index (κ1) is 10.2. The third-order valence-electron chi connectivity index (χ3n) is 2.26. The number of nitrogens with two attached hydrogens (primary N) is 1. The minimum atomic E-state index is -1.07. The van der Waals surface area contributed by atoms with Crippen LogP contribution in [0.1, 0.15) is 16.1 Å². The van der Waals surface area contributed by atoms with Crippen molar-refractivity contribution in [3.8, 4) is 11.3 Å². The molecule has 0 fully saturated rings. The van der Waals surface area contributed by atoms with Crippen molar-refractivity contribution in [2.24, 2.45) is 0 Å². The number of carbonyl (C=O) groups is 1. The molecule has 2 aromatic rings. The zero-order valence-corrected chi connectivity index (χ0v) is 8.69. The molecule has 0 aliphatic carbocycles. The number of imidazole rings is 1. The summed E-state index contributed by atoms with van der Waals surface area (Å²) in [4.78, 5) is 17.4. The molecule has 5 nitrogen and oxygen atoms in total. The molecule has 16 heavy (non-hydrogen) atoms. The number of nitrogens with zero attached hydrogens (tertiary/aromatic N) is 1. The van der Waals surface area contributed by atoms with Crippen LogP contribution in [0.25, 0.3) is 11.3 Å². The summed E-state index contributed by atoms with van der Waals surface area (Å²) in [5, 5.41) is 8.97. The molecule has 1 heterocycles. The van der Waals surface area contributed by atoms with E-state index in [1.54, 1.807) is 0 Å². The van der Waals surface area contributed by atoms with Crippen molar-refractivity contribution >= 4 is 11.9 Å². The fraction of sp³-hybridized carbons (Fsp3) is 0.0909. The normalized spacial score (nSPS) is 10.3. The Bertz CT molecular complexity index is 529. The van der Waals surface area contributed by atoms with Crippen LogP contribution in [0, 0.1) is 6.92 Å². The van der Waals surface area contributed by atoms with Gasteiger partial charge in [0.25, 0.3) is 0 Å². The van der Waals surface area contributed by atoms with E-state index in [1.165, 1.54) is 0 Å². The van der Waals surface area contributed by atoms with E-state index in [-0.39, 0.29) is 11.6 Å². The van der Waals surface area contributed by atoms with Gasteiger partial charge in [-0.25, -0.2) is 9.78 Å². The number of benzene rings is 1. The maximum Gasteiger partial charge on any atom is 0.354 e. The van der Waals surface area contributed by atoms with Crippen molar-refractivity contribution < 1.29 is 9.90 Å². The van der Waals surface area contributed by atoms with E-state index in [0.29, 0.717) is 5.69 Å². The van der Waals surface area contributed by atoms with Crippen molar-refractivity contribution in [1.82, 2.24) is 9.97 Å². The Hall–Kier alpha value is -2.30. The molecule has 0 aliphatic rings. The number of aryl methyl sites for hydroxylation is 1. The van der Waals surface area contributed by atoms with Gasteiger partial charge in [0.1, 0.15) is 5.69 Å². The highest BCUT2D eigenvalue weighted by atomic mass is 16.4. The predicted octanol–water partition coefficient (Wildman–Crippen LogP) is 1.67. The molecule has 5 heteroatoms.